The van der Waals surface area contributed by atoms with E-state index in [1.165, 1.54) is 23.1 Å². The second-order valence-corrected chi connectivity index (χ2v) is 18.1. The molecule has 4 heterocycles. The number of carbonyl (C=O) groups is 6. The van der Waals surface area contributed by atoms with Crippen molar-refractivity contribution in [3.05, 3.63) is 78.3 Å². The molecular formula is C48H59F2N11O7. The third-order valence-corrected chi connectivity index (χ3v) is 13.0. The van der Waals surface area contributed by atoms with Crippen LogP contribution in [0.15, 0.2) is 61.1 Å². The molecule has 0 radical (unpaired) electrons. The zero-order valence-electron chi connectivity index (χ0n) is 38.2. The fraction of sp³-hybridized carbons (Fsp3) is 0.479. The van der Waals surface area contributed by atoms with E-state index in [-0.39, 0.29) is 78.6 Å². The fourth-order valence-corrected chi connectivity index (χ4v) is 9.37. The predicted octanol–water partition coefficient (Wildman–Crippen LogP) is 5.23. The number of unbranched alkanes of at least 4 members (excludes halogenated alkanes) is 2. The van der Waals surface area contributed by atoms with Gasteiger partial charge in [0.2, 0.25) is 11.8 Å². The lowest BCUT2D eigenvalue weighted by Gasteiger charge is -2.47. The van der Waals surface area contributed by atoms with E-state index in [1.807, 2.05) is 38.1 Å². The molecule has 362 valence electrons. The molecular weight excluding hydrogens is 881 g/mol. The van der Waals surface area contributed by atoms with Crippen LogP contribution in [0.25, 0.3) is 22.4 Å². The number of nitrogens with zero attached hydrogens (tertiary/aromatic N) is 4. The van der Waals surface area contributed by atoms with Crippen molar-refractivity contribution < 1.29 is 42.3 Å². The summed E-state index contributed by atoms with van der Waals surface area (Å²) in [5.41, 5.74) is 7.64. The van der Waals surface area contributed by atoms with Crippen LogP contribution in [0.3, 0.4) is 0 Å². The summed E-state index contributed by atoms with van der Waals surface area (Å²) in [5.74, 6) is -3.36. The van der Waals surface area contributed by atoms with Gasteiger partial charge in [-0.3, -0.25) is 28.9 Å². The average Bonchev–Trinajstić information content (AvgIpc) is 3.89. The number of nitrogens with one attached hydrogen (secondary N) is 6. The van der Waals surface area contributed by atoms with Crippen molar-refractivity contribution in [3.8, 4) is 11.4 Å². The van der Waals surface area contributed by atoms with E-state index in [2.05, 4.69) is 46.5 Å². The summed E-state index contributed by atoms with van der Waals surface area (Å²) < 4.78 is 35.3. The van der Waals surface area contributed by atoms with E-state index in [1.54, 1.807) is 6.20 Å². The Balaban J connectivity index is 0.913. The Hall–Kier alpha value is -6.99. The highest BCUT2D eigenvalue weighted by Crippen LogP contribution is 2.47. The van der Waals surface area contributed by atoms with Crippen LogP contribution in [0.2, 0.25) is 0 Å². The summed E-state index contributed by atoms with van der Waals surface area (Å²) in [6.45, 7) is 4.61. The van der Waals surface area contributed by atoms with Gasteiger partial charge < -0.3 is 42.0 Å². The van der Waals surface area contributed by atoms with Gasteiger partial charge in [-0.1, -0.05) is 32.4 Å². The number of aromatic nitrogens is 4. The minimum Gasteiger partial charge on any atom is -0.461 e. The van der Waals surface area contributed by atoms with Crippen LogP contribution < -0.4 is 32.3 Å². The minimum absolute atomic E-state index is 0.0170. The molecule has 20 heteroatoms. The lowest BCUT2D eigenvalue weighted by Crippen LogP contribution is -2.53. The van der Waals surface area contributed by atoms with Gasteiger partial charge in [0.05, 0.1) is 18.3 Å². The highest BCUT2D eigenvalue weighted by atomic mass is 19.1. The van der Waals surface area contributed by atoms with Gasteiger partial charge in [-0.2, -0.15) is 0 Å². The van der Waals surface area contributed by atoms with Gasteiger partial charge >= 0.3 is 12.0 Å². The van der Waals surface area contributed by atoms with E-state index >= 15 is 4.39 Å². The Morgan fingerprint density at radius 2 is 1.66 bits per heavy atom. The number of anilines is 2. The fourth-order valence-electron chi connectivity index (χ4n) is 9.37. The Bertz CT molecular complexity index is 2470. The molecule has 0 saturated heterocycles. The second kappa shape index (κ2) is 22.7. The van der Waals surface area contributed by atoms with Gasteiger partial charge in [-0.25, -0.2) is 28.5 Å². The topological polar surface area (TPSA) is 256 Å². The quantitative estimate of drug-likeness (QED) is 0.0287. The van der Waals surface area contributed by atoms with Crippen LogP contribution in [-0.4, -0.2) is 98.2 Å². The number of hydrogen-bond acceptors (Lipinski definition) is 12. The van der Waals surface area contributed by atoms with E-state index in [4.69, 9.17) is 10.5 Å². The number of H-pyrrole nitrogens is 1. The molecule has 4 aromatic rings. The van der Waals surface area contributed by atoms with Gasteiger partial charge in [-0.15, -0.1) is 0 Å². The minimum atomic E-state index is -0.806. The van der Waals surface area contributed by atoms with Crippen molar-refractivity contribution in [2.24, 2.45) is 29.4 Å². The number of halogens is 2. The van der Waals surface area contributed by atoms with Crippen LogP contribution >= 0.6 is 0 Å². The van der Waals surface area contributed by atoms with Crippen molar-refractivity contribution in [1.29, 1.82) is 0 Å². The number of benzene rings is 1. The van der Waals surface area contributed by atoms with Gasteiger partial charge in [0, 0.05) is 73.1 Å². The summed E-state index contributed by atoms with van der Waals surface area (Å²) in [5, 5.41) is 15.5. The average molecular weight is 940 g/mol. The van der Waals surface area contributed by atoms with Crippen molar-refractivity contribution >= 4 is 58.2 Å². The lowest BCUT2D eigenvalue weighted by molar-refractivity contribution is -0.156. The molecule has 2 bridgehead atoms. The van der Waals surface area contributed by atoms with Gasteiger partial charge in [0.15, 0.2) is 17.5 Å². The Morgan fingerprint density at radius 1 is 0.926 bits per heavy atom. The number of hydrogen-bond donors (Lipinski definition) is 7. The summed E-state index contributed by atoms with van der Waals surface area (Å²) in [4.78, 5) is 92.1. The number of nitrogens with two attached hydrogens (primary N) is 1. The molecule has 3 aromatic heterocycles. The second-order valence-electron chi connectivity index (χ2n) is 18.1. The molecule has 1 aromatic carbocycles. The number of carbonyl (C=O) groups excluding carboxylic acids is 6. The van der Waals surface area contributed by atoms with Crippen LogP contribution in [0.4, 0.5) is 25.1 Å². The molecule has 18 nitrogen and oxygen atoms in total. The molecule has 4 aliphatic rings. The first kappa shape index (κ1) is 48.9. The van der Waals surface area contributed by atoms with Crippen LogP contribution in [-0.2, 0) is 35.3 Å². The molecule has 8 N–H and O–H groups in total. The third kappa shape index (κ3) is 12.5. The molecule has 8 rings (SSSR count). The monoisotopic (exact) mass is 939 g/mol. The summed E-state index contributed by atoms with van der Waals surface area (Å²) >= 11 is 0. The SMILES string of the molecule is CC(C)[C@H](NC(=O)CCCCCN1C(=O)C=CC1=O)C(=O)N[C@@H](CCCNC(N)=O)CNc1ccc(COC(=O)[C@H]2C3CCC(CC3)[C@@H]2Nc2nc(-c3c[nH]c4ncc(F)cc34)ncc2F)cc1. The molecule has 0 spiro atoms. The molecule has 0 unspecified atom stereocenters. The summed E-state index contributed by atoms with van der Waals surface area (Å²) in [7, 11) is 0. The predicted molar refractivity (Wildman–Crippen MR) is 248 cm³/mol. The molecule has 3 saturated carbocycles. The maximum absolute atomic E-state index is 15.3. The highest BCUT2D eigenvalue weighted by Gasteiger charge is 2.48. The smallest absolute Gasteiger partial charge is 0.312 e. The third-order valence-electron chi connectivity index (χ3n) is 13.0. The van der Waals surface area contributed by atoms with Crippen molar-refractivity contribution in [2.75, 3.05) is 30.3 Å². The van der Waals surface area contributed by atoms with Crippen LogP contribution in [0.1, 0.15) is 83.6 Å². The Morgan fingerprint density at radius 3 is 2.38 bits per heavy atom. The van der Waals surface area contributed by atoms with Gasteiger partial charge in [0.1, 0.15) is 24.1 Å². The number of rotatable bonds is 23. The Labute approximate surface area is 392 Å². The standard InChI is InChI=1S/C48H59F2N11O7/c1-27(2)41(58-37(62)8-4-3-5-20-61-38(63)17-18-39(61)64)46(65)57-33(7-6-19-52-48(51)67)23-53-32-15-9-28(10-16-32)26-68-47(66)40-29-11-13-30(14-12-29)42(40)59-45-36(50)25-56-44(60-45)35-24-55-43-34(35)21-31(49)22-54-43/h9-10,15-18,21-22,24-25,27,29-30,33,40-42,53H,3-8,11-14,19-20,23,26H2,1-2H3,(H,54,55)(H,57,65)(H,58,62)(H3,51,52,67)(H,56,59,60)/t29?,30?,33-,40-,41-,42-/m0/s1. The first-order valence-electron chi connectivity index (χ1n) is 23.3. The summed E-state index contributed by atoms with van der Waals surface area (Å²) in [6, 6.07) is 6.38. The van der Waals surface area contributed by atoms with Crippen LogP contribution in [0.5, 0.6) is 0 Å². The first-order valence-corrected chi connectivity index (χ1v) is 23.3. The molecule has 1 aliphatic heterocycles. The number of esters is 1. The number of urea groups is 1. The number of amides is 6. The molecule has 4 atom stereocenters. The number of aromatic amines is 1. The Kier molecular flexibility index (Phi) is 16.3. The highest BCUT2D eigenvalue weighted by molar-refractivity contribution is 6.12. The zero-order chi connectivity index (χ0) is 48.3. The zero-order valence-corrected chi connectivity index (χ0v) is 38.2. The molecule has 3 aliphatic carbocycles. The van der Waals surface area contributed by atoms with Gasteiger partial charge in [-0.05, 0) is 92.9 Å². The summed E-state index contributed by atoms with van der Waals surface area (Å²) in [6.07, 6.45) is 12.6. The molecule has 3 fully saturated rings. The van der Waals surface area contributed by atoms with Crippen molar-refractivity contribution in [1.82, 2.24) is 40.8 Å². The molecule has 6 amide bonds. The largest absolute Gasteiger partial charge is 0.461 e. The molecule has 68 heavy (non-hydrogen) atoms. The number of fused-ring (bicyclic) bond motifs is 4. The number of imide groups is 1. The lowest BCUT2D eigenvalue weighted by atomic mass is 9.61. The van der Waals surface area contributed by atoms with Crippen molar-refractivity contribution in [3.63, 3.8) is 0 Å². The number of ether oxygens (including phenoxy) is 1. The number of primary amides is 1. The van der Waals surface area contributed by atoms with Gasteiger partial charge in [0.25, 0.3) is 11.8 Å². The van der Waals surface area contributed by atoms with Crippen LogP contribution in [0, 0.1) is 35.3 Å². The maximum Gasteiger partial charge on any atom is 0.312 e. The van der Waals surface area contributed by atoms with E-state index in [0.717, 1.165) is 49.3 Å². The van der Waals surface area contributed by atoms with E-state index in [9.17, 15) is 33.2 Å². The van der Waals surface area contributed by atoms with E-state index < -0.39 is 41.7 Å². The van der Waals surface area contributed by atoms with E-state index in [0.29, 0.717) is 61.8 Å². The van der Waals surface area contributed by atoms with Crippen molar-refractivity contribution in [2.45, 2.75) is 103 Å². The number of pyridine rings is 1. The normalized spacial score (nSPS) is 19.5. The first-order chi connectivity index (χ1) is 32.7. The maximum atomic E-state index is 15.3.